The molecule has 0 aliphatic heterocycles. The molecule has 2 rings (SSSR count). The highest BCUT2D eigenvalue weighted by molar-refractivity contribution is 5.86. The number of hydrogen-bond acceptors (Lipinski definition) is 3. The Morgan fingerprint density at radius 3 is 2.58 bits per heavy atom. The van der Waals surface area contributed by atoms with E-state index in [1.807, 2.05) is 37.9 Å². The molecule has 0 bridgehead atoms. The first-order valence-corrected chi connectivity index (χ1v) is 6.00. The number of carbonyl (C=O) groups is 1. The number of aromatic carboxylic acids is 1. The zero-order chi connectivity index (χ0) is 14.0. The van der Waals surface area contributed by atoms with E-state index in [9.17, 15) is 4.79 Å². The smallest absolute Gasteiger partial charge is 0.354 e. The molecule has 1 aromatic heterocycles. The lowest BCUT2D eigenvalue weighted by Gasteiger charge is -2.21. The summed E-state index contributed by atoms with van der Waals surface area (Å²) in [6.45, 7) is 4.07. The van der Waals surface area contributed by atoms with Crippen molar-refractivity contribution in [2.24, 2.45) is 0 Å². The summed E-state index contributed by atoms with van der Waals surface area (Å²) in [6, 6.07) is 11.1. The van der Waals surface area contributed by atoms with Crippen LogP contribution in [0.3, 0.4) is 0 Å². The molecule has 19 heavy (non-hydrogen) atoms. The van der Waals surface area contributed by atoms with Crippen LogP contribution in [0.2, 0.25) is 0 Å². The number of aryl methyl sites for hydroxylation is 2. The van der Waals surface area contributed by atoms with Gasteiger partial charge in [0.1, 0.15) is 5.82 Å². The molecule has 1 N–H and O–H groups in total. The number of carboxylic acids is 1. The van der Waals surface area contributed by atoms with Gasteiger partial charge in [-0.1, -0.05) is 23.8 Å². The molecule has 0 spiro atoms. The van der Waals surface area contributed by atoms with Crippen LogP contribution in [0.5, 0.6) is 0 Å². The maximum absolute atomic E-state index is 10.9. The summed E-state index contributed by atoms with van der Waals surface area (Å²) in [4.78, 5) is 17.0. The fourth-order valence-electron chi connectivity index (χ4n) is 2.03. The van der Waals surface area contributed by atoms with Gasteiger partial charge in [-0.15, -0.1) is 0 Å². The van der Waals surface area contributed by atoms with Gasteiger partial charge in [0.15, 0.2) is 5.69 Å². The molecule has 0 aliphatic rings. The van der Waals surface area contributed by atoms with E-state index in [1.54, 1.807) is 12.1 Å². The van der Waals surface area contributed by atoms with Crippen LogP contribution in [0.25, 0.3) is 0 Å². The maximum atomic E-state index is 10.9. The van der Waals surface area contributed by atoms with Crippen LogP contribution in [0.4, 0.5) is 11.5 Å². The van der Waals surface area contributed by atoms with Gasteiger partial charge in [0.25, 0.3) is 0 Å². The van der Waals surface area contributed by atoms with Gasteiger partial charge < -0.3 is 10.0 Å². The van der Waals surface area contributed by atoms with E-state index in [-0.39, 0.29) is 5.69 Å². The van der Waals surface area contributed by atoms with Gasteiger partial charge in [-0.3, -0.25) is 0 Å². The Morgan fingerprint density at radius 1 is 1.21 bits per heavy atom. The van der Waals surface area contributed by atoms with Crippen LogP contribution >= 0.6 is 0 Å². The molecule has 0 unspecified atom stereocenters. The summed E-state index contributed by atoms with van der Waals surface area (Å²) in [6.07, 6.45) is 0. The minimum Gasteiger partial charge on any atom is -0.477 e. The molecular formula is C15H16N2O2. The van der Waals surface area contributed by atoms with Crippen molar-refractivity contribution >= 4 is 17.5 Å². The van der Waals surface area contributed by atoms with Crippen molar-refractivity contribution in [2.75, 3.05) is 11.9 Å². The van der Waals surface area contributed by atoms with Gasteiger partial charge in [0, 0.05) is 12.7 Å². The number of anilines is 2. The number of aromatic nitrogens is 1. The predicted molar refractivity (Wildman–Crippen MR) is 75.2 cm³/mol. The summed E-state index contributed by atoms with van der Waals surface area (Å²) in [5, 5.41) is 8.97. The third-order valence-electron chi connectivity index (χ3n) is 3.01. The molecule has 1 aromatic carbocycles. The van der Waals surface area contributed by atoms with Gasteiger partial charge in [0.05, 0.1) is 0 Å². The molecule has 1 heterocycles. The molecule has 0 saturated carbocycles. The summed E-state index contributed by atoms with van der Waals surface area (Å²) in [5.74, 6) is -0.400. The Bertz CT molecular complexity index is 623. The first-order valence-electron chi connectivity index (χ1n) is 6.00. The third kappa shape index (κ3) is 2.73. The van der Waals surface area contributed by atoms with Crippen molar-refractivity contribution < 1.29 is 9.90 Å². The number of rotatable bonds is 3. The van der Waals surface area contributed by atoms with Crippen LogP contribution in [-0.4, -0.2) is 23.1 Å². The van der Waals surface area contributed by atoms with E-state index in [0.717, 1.165) is 11.3 Å². The van der Waals surface area contributed by atoms with Crippen molar-refractivity contribution in [3.8, 4) is 0 Å². The number of benzene rings is 1. The summed E-state index contributed by atoms with van der Waals surface area (Å²) < 4.78 is 0. The lowest BCUT2D eigenvalue weighted by atomic mass is 10.1. The van der Waals surface area contributed by atoms with Crippen molar-refractivity contribution in [2.45, 2.75) is 13.8 Å². The van der Waals surface area contributed by atoms with Gasteiger partial charge in [-0.25, -0.2) is 9.78 Å². The van der Waals surface area contributed by atoms with E-state index >= 15 is 0 Å². The maximum Gasteiger partial charge on any atom is 0.354 e. The lowest BCUT2D eigenvalue weighted by molar-refractivity contribution is 0.0690. The Balaban J connectivity index is 2.41. The fourth-order valence-corrected chi connectivity index (χ4v) is 2.03. The lowest BCUT2D eigenvalue weighted by Crippen LogP contribution is -2.14. The number of pyridine rings is 1. The van der Waals surface area contributed by atoms with Gasteiger partial charge >= 0.3 is 5.97 Å². The van der Waals surface area contributed by atoms with Gasteiger partial charge in [-0.05, 0) is 37.6 Å². The highest BCUT2D eigenvalue weighted by atomic mass is 16.4. The van der Waals surface area contributed by atoms with Crippen molar-refractivity contribution in [1.82, 2.24) is 4.98 Å². The number of carboxylic acid groups (broad SMARTS) is 1. The predicted octanol–water partition coefficient (Wildman–Crippen LogP) is 3.16. The quantitative estimate of drug-likeness (QED) is 0.916. The minimum absolute atomic E-state index is 0.0501. The van der Waals surface area contributed by atoms with Crippen LogP contribution < -0.4 is 4.90 Å². The normalized spacial score (nSPS) is 10.3. The molecule has 0 saturated heterocycles. The molecule has 4 nitrogen and oxygen atoms in total. The Morgan fingerprint density at radius 2 is 1.95 bits per heavy atom. The van der Waals surface area contributed by atoms with E-state index in [1.165, 1.54) is 11.6 Å². The second-order valence-electron chi connectivity index (χ2n) is 4.54. The second kappa shape index (κ2) is 5.10. The molecular weight excluding hydrogens is 240 g/mol. The van der Waals surface area contributed by atoms with E-state index in [2.05, 4.69) is 11.1 Å². The van der Waals surface area contributed by atoms with Crippen LogP contribution in [-0.2, 0) is 0 Å². The Kier molecular flexibility index (Phi) is 3.51. The van der Waals surface area contributed by atoms with Crippen LogP contribution in [0, 0.1) is 13.8 Å². The molecule has 4 heteroatoms. The topological polar surface area (TPSA) is 53.4 Å². The fraction of sp³-hybridized carbons (Fsp3) is 0.200. The largest absolute Gasteiger partial charge is 0.477 e. The Hall–Kier alpha value is -2.36. The zero-order valence-corrected chi connectivity index (χ0v) is 11.2. The van der Waals surface area contributed by atoms with Crippen molar-refractivity contribution in [3.05, 3.63) is 53.2 Å². The first kappa shape index (κ1) is 13.1. The summed E-state index contributed by atoms with van der Waals surface area (Å²) in [5.41, 5.74) is 3.39. The average Bonchev–Trinajstić information content (AvgIpc) is 2.38. The number of nitrogens with zero attached hydrogens (tertiary/aromatic N) is 2. The first-order chi connectivity index (χ1) is 8.99. The van der Waals surface area contributed by atoms with E-state index in [4.69, 9.17) is 5.11 Å². The van der Waals surface area contributed by atoms with E-state index in [0.29, 0.717) is 5.82 Å². The van der Waals surface area contributed by atoms with Crippen LogP contribution in [0.1, 0.15) is 21.6 Å². The third-order valence-corrected chi connectivity index (χ3v) is 3.01. The standard InChI is InChI=1S/C15H16N2O2/c1-10-7-8-13(11(2)9-10)17(3)14-6-4-5-12(16-14)15(18)19/h4-9H,1-3H3,(H,18,19). The summed E-state index contributed by atoms with van der Waals surface area (Å²) in [7, 11) is 1.88. The van der Waals surface area contributed by atoms with Gasteiger partial charge in [0.2, 0.25) is 0 Å². The molecule has 0 atom stereocenters. The number of hydrogen-bond donors (Lipinski definition) is 1. The Labute approximate surface area is 112 Å². The molecule has 0 amide bonds. The van der Waals surface area contributed by atoms with E-state index < -0.39 is 5.97 Å². The highest BCUT2D eigenvalue weighted by Gasteiger charge is 2.11. The molecule has 2 aromatic rings. The molecule has 0 aliphatic carbocycles. The van der Waals surface area contributed by atoms with Crippen molar-refractivity contribution in [1.29, 1.82) is 0 Å². The SMILES string of the molecule is Cc1ccc(N(C)c2cccc(C(=O)O)n2)c(C)c1. The summed E-state index contributed by atoms with van der Waals surface area (Å²) >= 11 is 0. The monoisotopic (exact) mass is 256 g/mol. The highest BCUT2D eigenvalue weighted by Crippen LogP contribution is 2.26. The molecule has 0 fully saturated rings. The molecule has 98 valence electrons. The molecule has 0 radical (unpaired) electrons. The van der Waals surface area contributed by atoms with Crippen LogP contribution in [0.15, 0.2) is 36.4 Å². The minimum atomic E-state index is -1.02. The van der Waals surface area contributed by atoms with Crippen molar-refractivity contribution in [3.63, 3.8) is 0 Å². The zero-order valence-electron chi connectivity index (χ0n) is 11.2. The average molecular weight is 256 g/mol. The second-order valence-corrected chi connectivity index (χ2v) is 4.54. The van der Waals surface area contributed by atoms with Gasteiger partial charge in [-0.2, -0.15) is 0 Å².